The minimum absolute atomic E-state index is 0.0613. The molecule has 0 unspecified atom stereocenters. The Morgan fingerprint density at radius 2 is 2.18 bits per heavy atom. The number of rotatable bonds is 1. The van der Waals surface area contributed by atoms with Gasteiger partial charge in [0.1, 0.15) is 5.01 Å². The molecule has 1 fully saturated rings. The first-order valence-corrected chi connectivity index (χ1v) is 6.56. The van der Waals surface area contributed by atoms with Crippen LogP contribution in [0, 0.1) is 0 Å². The molecule has 1 aliphatic rings. The third-order valence-electron chi connectivity index (χ3n) is 3.17. The Bertz CT molecular complexity index is 382. The van der Waals surface area contributed by atoms with Crippen molar-refractivity contribution in [1.82, 2.24) is 14.8 Å². The monoisotopic (exact) mass is 254 g/mol. The van der Waals surface area contributed by atoms with Crippen molar-refractivity contribution >= 4 is 17.4 Å². The SMILES string of the molecule is CN(C)C(=O)N1CCC(N)(c2nccs2)CC1. The van der Waals surface area contributed by atoms with Crippen LogP contribution in [-0.2, 0) is 5.54 Å². The van der Waals surface area contributed by atoms with Crippen molar-refractivity contribution in [2.75, 3.05) is 27.2 Å². The van der Waals surface area contributed by atoms with E-state index in [4.69, 9.17) is 5.73 Å². The average Bonchev–Trinajstić information content (AvgIpc) is 2.83. The molecular formula is C11H18N4OS. The van der Waals surface area contributed by atoms with E-state index in [1.165, 1.54) is 0 Å². The van der Waals surface area contributed by atoms with Crippen LogP contribution in [0.2, 0.25) is 0 Å². The number of hydrogen-bond acceptors (Lipinski definition) is 4. The van der Waals surface area contributed by atoms with E-state index in [1.807, 2.05) is 10.3 Å². The summed E-state index contributed by atoms with van der Waals surface area (Å²) in [7, 11) is 3.54. The summed E-state index contributed by atoms with van der Waals surface area (Å²) >= 11 is 1.59. The molecule has 5 nitrogen and oxygen atoms in total. The van der Waals surface area contributed by atoms with Gasteiger partial charge in [-0.25, -0.2) is 9.78 Å². The summed E-state index contributed by atoms with van der Waals surface area (Å²) in [6.45, 7) is 1.40. The molecule has 6 heteroatoms. The summed E-state index contributed by atoms with van der Waals surface area (Å²) in [6.07, 6.45) is 3.34. The Hall–Kier alpha value is -1.14. The van der Waals surface area contributed by atoms with E-state index in [2.05, 4.69) is 4.98 Å². The van der Waals surface area contributed by atoms with E-state index in [-0.39, 0.29) is 11.6 Å². The first-order valence-electron chi connectivity index (χ1n) is 5.68. The minimum atomic E-state index is -0.350. The van der Waals surface area contributed by atoms with E-state index >= 15 is 0 Å². The van der Waals surface area contributed by atoms with Crippen LogP contribution in [0.25, 0.3) is 0 Å². The molecule has 0 radical (unpaired) electrons. The number of carbonyl (C=O) groups excluding carboxylic acids is 1. The molecule has 0 spiro atoms. The van der Waals surface area contributed by atoms with Gasteiger partial charge >= 0.3 is 6.03 Å². The lowest BCUT2D eigenvalue weighted by Gasteiger charge is -2.38. The second-order valence-electron chi connectivity index (χ2n) is 4.66. The van der Waals surface area contributed by atoms with Gasteiger partial charge in [0.05, 0.1) is 5.54 Å². The van der Waals surface area contributed by atoms with Gasteiger partial charge in [0, 0.05) is 38.8 Å². The Morgan fingerprint density at radius 3 is 2.65 bits per heavy atom. The lowest BCUT2D eigenvalue weighted by Crippen LogP contribution is -2.51. The van der Waals surface area contributed by atoms with Crippen LogP contribution < -0.4 is 5.73 Å². The molecule has 0 bridgehead atoms. The summed E-state index contributed by atoms with van der Waals surface area (Å²) in [6, 6.07) is 0.0613. The van der Waals surface area contributed by atoms with Gasteiger partial charge in [-0.3, -0.25) is 0 Å². The molecule has 0 atom stereocenters. The van der Waals surface area contributed by atoms with E-state index in [1.54, 1.807) is 36.5 Å². The van der Waals surface area contributed by atoms with Gasteiger partial charge in [0.25, 0.3) is 0 Å². The predicted octanol–water partition coefficient (Wildman–Crippen LogP) is 1.07. The number of amides is 2. The van der Waals surface area contributed by atoms with E-state index < -0.39 is 0 Å². The lowest BCUT2D eigenvalue weighted by molar-refractivity contribution is 0.138. The molecule has 2 N–H and O–H groups in total. The molecule has 2 rings (SSSR count). The third kappa shape index (κ3) is 2.42. The predicted molar refractivity (Wildman–Crippen MR) is 67.9 cm³/mol. The van der Waals surface area contributed by atoms with Gasteiger partial charge in [0.2, 0.25) is 0 Å². The van der Waals surface area contributed by atoms with Crippen molar-refractivity contribution < 1.29 is 4.79 Å². The smallest absolute Gasteiger partial charge is 0.319 e. The summed E-state index contributed by atoms with van der Waals surface area (Å²) < 4.78 is 0. The maximum atomic E-state index is 11.8. The van der Waals surface area contributed by atoms with Crippen LogP contribution in [0.3, 0.4) is 0 Å². The Labute approximate surface area is 105 Å². The highest BCUT2D eigenvalue weighted by atomic mass is 32.1. The fraction of sp³-hybridized carbons (Fsp3) is 0.636. The fourth-order valence-electron chi connectivity index (χ4n) is 2.06. The molecule has 1 aromatic heterocycles. The number of nitrogens with two attached hydrogens (primary N) is 1. The van der Waals surface area contributed by atoms with Gasteiger partial charge in [0.15, 0.2) is 0 Å². The molecule has 2 amide bonds. The fourth-order valence-corrected chi connectivity index (χ4v) is 2.87. The van der Waals surface area contributed by atoms with Crippen molar-refractivity contribution in [3.8, 4) is 0 Å². The molecule has 0 aromatic carbocycles. The molecular weight excluding hydrogens is 236 g/mol. The first kappa shape index (κ1) is 12.3. The molecule has 17 heavy (non-hydrogen) atoms. The Balaban J connectivity index is 2.01. The number of likely N-dealkylation sites (tertiary alicyclic amines) is 1. The number of nitrogens with zero attached hydrogens (tertiary/aromatic N) is 3. The Kier molecular flexibility index (Phi) is 3.35. The molecule has 94 valence electrons. The quantitative estimate of drug-likeness (QED) is 0.815. The molecule has 1 saturated heterocycles. The standard InChI is InChI=1S/C11H18N4OS/c1-14(2)10(16)15-6-3-11(12,4-7-15)9-13-5-8-17-9/h5,8H,3-4,6-7,12H2,1-2H3. The second-order valence-corrected chi connectivity index (χ2v) is 5.55. The van der Waals surface area contributed by atoms with Crippen molar-refractivity contribution in [2.45, 2.75) is 18.4 Å². The molecule has 2 heterocycles. The molecule has 0 aliphatic carbocycles. The van der Waals surface area contributed by atoms with Crippen molar-refractivity contribution in [2.24, 2.45) is 5.73 Å². The van der Waals surface area contributed by atoms with Crippen LogP contribution in [0.5, 0.6) is 0 Å². The third-order valence-corrected chi connectivity index (χ3v) is 4.16. The van der Waals surface area contributed by atoms with Crippen LogP contribution in [0.1, 0.15) is 17.8 Å². The van der Waals surface area contributed by atoms with Crippen LogP contribution in [0.4, 0.5) is 4.79 Å². The highest BCUT2D eigenvalue weighted by molar-refractivity contribution is 7.09. The minimum Gasteiger partial charge on any atom is -0.331 e. The van der Waals surface area contributed by atoms with E-state index in [9.17, 15) is 4.79 Å². The van der Waals surface area contributed by atoms with Crippen LogP contribution in [-0.4, -0.2) is 48.0 Å². The number of aromatic nitrogens is 1. The molecule has 1 aliphatic heterocycles. The first-order chi connectivity index (χ1) is 8.03. The zero-order valence-corrected chi connectivity index (χ0v) is 11.0. The summed E-state index contributed by atoms with van der Waals surface area (Å²) in [5, 5.41) is 2.93. The average molecular weight is 254 g/mol. The number of carbonyl (C=O) groups is 1. The van der Waals surface area contributed by atoms with Gasteiger partial charge in [-0.2, -0.15) is 0 Å². The largest absolute Gasteiger partial charge is 0.331 e. The van der Waals surface area contributed by atoms with Crippen molar-refractivity contribution in [1.29, 1.82) is 0 Å². The van der Waals surface area contributed by atoms with Gasteiger partial charge < -0.3 is 15.5 Å². The second kappa shape index (κ2) is 4.62. The van der Waals surface area contributed by atoms with Crippen molar-refractivity contribution in [3.63, 3.8) is 0 Å². The van der Waals surface area contributed by atoms with Crippen molar-refractivity contribution in [3.05, 3.63) is 16.6 Å². The Morgan fingerprint density at radius 1 is 1.53 bits per heavy atom. The van der Waals surface area contributed by atoms with E-state index in [0.29, 0.717) is 13.1 Å². The maximum absolute atomic E-state index is 11.8. The lowest BCUT2D eigenvalue weighted by atomic mass is 9.89. The zero-order valence-electron chi connectivity index (χ0n) is 10.2. The van der Waals surface area contributed by atoms with Gasteiger partial charge in [-0.15, -0.1) is 11.3 Å². The zero-order chi connectivity index (χ0) is 12.5. The normalized spacial score (nSPS) is 19.1. The molecule has 1 aromatic rings. The van der Waals surface area contributed by atoms with Gasteiger partial charge in [-0.05, 0) is 12.8 Å². The van der Waals surface area contributed by atoms with Crippen LogP contribution in [0.15, 0.2) is 11.6 Å². The highest BCUT2D eigenvalue weighted by Crippen LogP contribution is 2.31. The van der Waals surface area contributed by atoms with Gasteiger partial charge in [-0.1, -0.05) is 0 Å². The number of piperidine rings is 1. The number of hydrogen-bond donors (Lipinski definition) is 1. The molecule has 0 saturated carbocycles. The summed E-state index contributed by atoms with van der Waals surface area (Å²) in [4.78, 5) is 19.5. The number of urea groups is 1. The summed E-state index contributed by atoms with van der Waals surface area (Å²) in [5.41, 5.74) is 6.01. The maximum Gasteiger partial charge on any atom is 0.319 e. The topological polar surface area (TPSA) is 62.5 Å². The van der Waals surface area contributed by atoms with E-state index in [0.717, 1.165) is 17.8 Å². The van der Waals surface area contributed by atoms with Crippen LogP contribution >= 0.6 is 11.3 Å². The summed E-state index contributed by atoms with van der Waals surface area (Å²) in [5.74, 6) is 0. The highest BCUT2D eigenvalue weighted by Gasteiger charge is 2.36. The number of thiazole rings is 1.